The molecule has 1 nitrogen and oxygen atoms in total. The molecule has 0 aliphatic rings. The lowest BCUT2D eigenvalue weighted by Crippen LogP contribution is -1.96. The minimum Gasteiger partial charge on any atom is -0.289 e. The molecule has 2 heteroatoms. The van der Waals surface area contributed by atoms with Gasteiger partial charge in [0, 0.05) is 9.13 Å². The Morgan fingerprint density at radius 3 is 2.29 bits per heavy atom. The molecule has 0 heterocycles. The molecule has 0 radical (unpaired) electrons. The van der Waals surface area contributed by atoms with Crippen LogP contribution < -0.4 is 0 Å². The van der Waals surface area contributed by atoms with Crippen molar-refractivity contribution in [2.45, 2.75) is 0 Å². The molecule has 84 valence electrons. The standard InChI is InChI=1S/C15H11IO/c16-14-9-5-4-8-13(14)15(17)11-10-12-6-2-1-3-7-12/h1-11H/b11-10+. The fraction of sp³-hybridized carbons (Fsp3) is 0. The number of rotatable bonds is 3. The number of halogens is 1. The van der Waals surface area contributed by atoms with Crippen molar-refractivity contribution in [2.24, 2.45) is 0 Å². The Labute approximate surface area is 114 Å². The molecule has 2 rings (SSSR count). The summed E-state index contributed by atoms with van der Waals surface area (Å²) in [6.07, 6.45) is 3.46. The largest absolute Gasteiger partial charge is 0.289 e. The Balaban J connectivity index is 2.18. The summed E-state index contributed by atoms with van der Waals surface area (Å²) in [6, 6.07) is 17.4. The minimum absolute atomic E-state index is 0.0406. The lowest BCUT2D eigenvalue weighted by atomic mass is 10.1. The van der Waals surface area contributed by atoms with Gasteiger partial charge in [-0.1, -0.05) is 48.5 Å². The maximum absolute atomic E-state index is 11.9. The van der Waals surface area contributed by atoms with Gasteiger partial charge in [-0.15, -0.1) is 0 Å². The van der Waals surface area contributed by atoms with Crippen LogP contribution in [0.25, 0.3) is 6.08 Å². The van der Waals surface area contributed by atoms with Crippen molar-refractivity contribution in [3.05, 3.63) is 75.4 Å². The minimum atomic E-state index is 0.0406. The molecule has 0 spiro atoms. The Morgan fingerprint density at radius 2 is 1.59 bits per heavy atom. The fourth-order valence-electron chi connectivity index (χ4n) is 1.49. The van der Waals surface area contributed by atoms with E-state index < -0.39 is 0 Å². The van der Waals surface area contributed by atoms with Gasteiger partial charge in [0.1, 0.15) is 0 Å². The van der Waals surface area contributed by atoms with Gasteiger partial charge in [0.15, 0.2) is 5.78 Å². The van der Waals surface area contributed by atoms with Gasteiger partial charge >= 0.3 is 0 Å². The lowest BCUT2D eigenvalue weighted by molar-refractivity contribution is 0.104. The predicted molar refractivity (Wildman–Crippen MR) is 79.0 cm³/mol. The average molecular weight is 334 g/mol. The van der Waals surface area contributed by atoms with Crippen molar-refractivity contribution >= 4 is 34.5 Å². The Morgan fingerprint density at radius 1 is 0.941 bits per heavy atom. The highest BCUT2D eigenvalue weighted by atomic mass is 127. The van der Waals surface area contributed by atoms with Crippen LogP contribution in [0.1, 0.15) is 15.9 Å². The quantitative estimate of drug-likeness (QED) is 0.467. The van der Waals surface area contributed by atoms with Gasteiger partial charge in [0.05, 0.1) is 0 Å². The second kappa shape index (κ2) is 5.77. The van der Waals surface area contributed by atoms with E-state index in [0.29, 0.717) is 0 Å². The smallest absolute Gasteiger partial charge is 0.186 e. The van der Waals surface area contributed by atoms with Gasteiger partial charge in [-0.05, 0) is 46.4 Å². The van der Waals surface area contributed by atoms with Crippen LogP contribution >= 0.6 is 22.6 Å². The SMILES string of the molecule is O=C(/C=C/c1ccccc1)c1ccccc1I. The molecule has 0 saturated carbocycles. The first-order valence-corrected chi connectivity index (χ1v) is 6.37. The van der Waals surface area contributed by atoms with E-state index in [1.54, 1.807) is 6.08 Å². The van der Waals surface area contributed by atoms with Crippen molar-refractivity contribution in [3.8, 4) is 0 Å². The van der Waals surface area contributed by atoms with Crippen molar-refractivity contribution in [3.63, 3.8) is 0 Å². The zero-order valence-corrected chi connectivity index (χ0v) is 11.3. The summed E-state index contributed by atoms with van der Waals surface area (Å²) in [4.78, 5) is 11.9. The van der Waals surface area contributed by atoms with Gasteiger partial charge in [-0.25, -0.2) is 0 Å². The van der Waals surface area contributed by atoms with Crippen molar-refractivity contribution in [2.75, 3.05) is 0 Å². The Kier molecular flexibility index (Phi) is 4.09. The molecule has 0 fully saturated rings. The molecule has 17 heavy (non-hydrogen) atoms. The number of hydrogen-bond donors (Lipinski definition) is 0. The van der Waals surface area contributed by atoms with E-state index in [1.165, 1.54) is 0 Å². The maximum Gasteiger partial charge on any atom is 0.186 e. The van der Waals surface area contributed by atoms with Crippen LogP contribution in [0, 0.1) is 3.57 Å². The molecule has 2 aromatic rings. The van der Waals surface area contributed by atoms with Gasteiger partial charge < -0.3 is 0 Å². The molecule has 0 saturated heterocycles. The van der Waals surface area contributed by atoms with Crippen LogP contribution in [0.2, 0.25) is 0 Å². The first-order chi connectivity index (χ1) is 8.27. The summed E-state index contributed by atoms with van der Waals surface area (Å²) in [5, 5.41) is 0. The Hall–Kier alpha value is -1.42. The van der Waals surface area contributed by atoms with Crippen molar-refractivity contribution in [1.29, 1.82) is 0 Å². The highest BCUT2D eigenvalue weighted by Crippen LogP contribution is 2.13. The summed E-state index contributed by atoms with van der Waals surface area (Å²) in [7, 11) is 0. The summed E-state index contributed by atoms with van der Waals surface area (Å²) in [5.74, 6) is 0.0406. The molecule has 0 unspecified atom stereocenters. The summed E-state index contributed by atoms with van der Waals surface area (Å²) in [5.41, 5.74) is 1.78. The van der Waals surface area contributed by atoms with Gasteiger partial charge in [-0.3, -0.25) is 4.79 Å². The highest BCUT2D eigenvalue weighted by molar-refractivity contribution is 14.1. The predicted octanol–water partition coefficient (Wildman–Crippen LogP) is 4.19. The second-order valence-corrected chi connectivity index (χ2v) is 4.75. The summed E-state index contributed by atoms with van der Waals surface area (Å²) in [6.45, 7) is 0. The normalized spacial score (nSPS) is 10.6. The van der Waals surface area contributed by atoms with E-state index in [4.69, 9.17) is 0 Å². The first kappa shape index (κ1) is 12.0. The molecule has 0 bridgehead atoms. The number of allylic oxidation sites excluding steroid dienone is 1. The third-order valence-electron chi connectivity index (χ3n) is 2.37. The van der Waals surface area contributed by atoms with E-state index >= 15 is 0 Å². The molecule has 0 aromatic heterocycles. The number of carbonyl (C=O) groups is 1. The number of carbonyl (C=O) groups excluding carboxylic acids is 1. The first-order valence-electron chi connectivity index (χ1n) is 5.29. The molecular formula is C15H11IO. The fourth-order valence-corrected chi connectivity index (χ4v) is 2.14. The van der Waals surface area contributed by atoms with E-state index in [2.05, 4.69) is 22.6 Å². The number of hydrogen-bond acceptors (Lipinski definition) is 1. The monoisotopic (exact) mass is 334 g/mol. The average Bonchev–Trinajstić information content (AvgIpc) is 2.38. The van der Waals surface area contributed by atoms with E-state index in [0.717, 1.165) is 14.7 Å². The number of ketones is 1. The van der Waals surface area contributed by atoms with Crippen molar-refractivity contribution < 1.29 is 4.79 Å². The third kappa shape index (κ3) is 3.27. The van der Waals surface area contributed by atoms with Crippen LogP contribution in [0.15, 0.2) is 60.7 Å². The van der Waals surface area contributed by atoms with Crippen molar-refractivity contribution in [1.82, 2.24) is 0 Å². The Bertz CT molecular complexity index is 544. The van der Waals surface area contributed by atoms with E-state index in [9.17, 15) is 4.79 Å². The highest BCUT2D eigenvalue weighted by Gasteiger charge is 2.04. The zero-order valence-electron chi connectivity index (χ0n) is 9.14. The van der Waals surface area contributed by atoms with Gasteiger partial charge in [-0.2, -0.15) is 0 Å². The summed E-state index contributed by atoms with van der Waals surface area (Å²) >= 11 is 2.18. The van der Waals surface area contributed by atoms with Gasteiger partial charge in [0.2, 0.25) is 0 Å². The van der Waals surface area contributed by atoms with Crippen LogP contribution in [-0.4, -0.2) is 5.78 Å². The molecule has 0 N–H and O–H groups in total. The molecule has 0 atom stereocenters. The maximum atomic E-state index is 11.9. The van der Waals surface area contributed by atoms with Crippen LogP contribution in [0.3, 0.4) is 0 Å². The lowest BCUT2D eigenvalue weighted by Gasteiger charge is -1.98. The van der Waals surface area contributed by atoms with E-state index in [-0.39, 0.29) is 5.78 Å². The number of benzene rings is 2. The molecule has 0 aliphatic carbocycles. The van der Waals surface area contributed by atoms with E-state index in [1.807, 2.05) is 60.7 Å². The molecule has 0 amide bonds. The second-order valence-electron chi connectivity index (χ2n) is 3.59. The van der Waals surface area contributed by atoms with Gasteiger partial charge in [0.25, 0.3) is 0 Å². The van der Waals surface area contributed by atoms with Crippen LogP contribution in [-0.2, 0) is 0 Å². The van der Waals surface area contributed by atoms with Crippen LogP contribution in [0.4, 0.5) is 0 Å². The zero-order chi connectivity index (χ0) is 12.1. The molecular weight excluding hydrogens is 323 g/mol. The summed E-state index contributed by atoms with van der Waals surface area (Å²) < 4.78 is 0.979. The molecule has 2 aromatic carbocycles. The third-order valence-corrected chi connectivity index (χ3v) is 3.31. The molecule has 0 aliphatic heterocycles. The van der Waals surface area contributed by atoms with Crippen LogP contribution in [0.5, 0.6) is 0 Å². The topological polar surface area (TPSA) is 17.1 Å².